The Morgan fingerprint density at radius 3 is 2.77 bits per heavy atom. The van der Waals surface area contributed by atoms with E-state index in [2.05, 4.69) is 41.2 Å². The van der Waals surface area contributed by atoms with Crippen LogP contribution in [-0.2, 0) is 6.42 Å². The molecule has 0 aliphatic carbocycles. The lowest BCUT2D eigenvalue weighted by Gasteiger charge is -2.46. The maximum absolute atomic E-state index is 13.5. The maximum Gasteiger partial charge on any atom is 0.170 e. The molecule has 158 valence electrons. The highest BCUT2D eigenvalue weighted by molar-refractivity contribution is 5.79. The van der Waals surface area contributed by atoms with Crippen molar-refractivity contribution in [2.24, 2.45) is 0 Å². The Bertz CT molecular complexity index is 1030. The fourth-order valence-electron chi connectivity index (χ4n) is 5.24. The zero-order valence-electron chi connectivity index (χ0n) is 17.3. The van der Waals surface area contributed by atoms with Crippen LogP contribution in [0.2, 0.25) is 0 Å². The molecule has 3 heterocycles. The lowest BCUT2D eigenvalue weighted by molar-refractivity contribution is -0.211. The van der Waals surface area contributed by atoms with E-state index < -0.39 is 0 Å². The van der Waals surface area contributed by atoms with Gasteiger partial charge in [0.2, 0.25) is 0 Å². The molecule has 0 radical (unpaired) electrons. The topological polar surface area (TPSA) is 52.7 Å². The van der Waals surface area contributed by atoms with Gasteiger partial charge in [-0.1, -0.05) is 42.8 Å². The van der Waals surface area contributed by atoms with Crippen LogP contribution in [0.1, 0.15) is 61.4 Å². The molecule has 1 aromatic heterocycles. The SMILES string of the molecule is CCCC1c2ccccc2CC(N2CCC(c3noc4cc(F)ccc34)CC2)N1O. The molecular weight excluding hydrogens is 381 g/mol. The molecule has 6 heteroatoms. The first-order valence-corrected chi connectivity index (χ1v) is 11.0. The van der Waals surface area contributed by atoms with E-state index in [0.29, 0.717) is 11.5 Å². The average Bonchev–Trinajstić information content (AvgIpc) is 3.19. The van der Waals surface area contributed by atoms with Gasteiger partial charge in [0.1, 0.15) is 5.82 Å². The van der Waals surface area contributed by atoms with Crippen LogP contribution in [0.5, 0.6) is 0 Å². The van der Waals surface area contributed by atoms with Gasteiger partial charge >= 0.3 is 0 Å². The van der Waals surface area contributed by atoms with Crippen molar-refractivity contribution in [1.29, 1.82) is 0 Å². The van der Waals surface area contributed by atoms with Gasteiger partial charge < -0.3 is 9.73 Å². The molecule has 2 unspecified atom stereocenters. The highest BCUT2D eigenvalue weighted by atomic mass is 19.1. The molecule has 2 aliphatic rings. The average molecular weight is 410 g/mol. The first-order valence-electron chi connectivity index (χ1n) is 11.0. The summed E-state index contributed by atoms with van der Waals surface area (Å²) in [4.78, 5) is 2.40. The second-order valence-electron chi connectivity index (χ2n) is 8.59. The van der Waals surface area contributed by atoms with Crippen LogP contribution in [0.15, 0.2) is 47.0 Å². The fourth-order valence-corrected chi connectivity index (χ4v) is 5.24. The van der Waals surface area contributed by atoms with Crippen LogP contribution in [0.3, 0.4) is 0 Å². The quantitative estimate of drug-likeness (QED) is 0.637. The van der Waals surface area contributed by atoms with Crippen LogP contribution in [0.25, 0.3) is 11.0 Å². The molecule has 1 N–H and O–H groups in total. The molecule has 5 rings (SSSR count). The lowest BCUT2D eigenvalue weighted by Crippen LogP contribution is -2.54. The van der Waals surface area contributed by atoms with E-state index >= 15 is 0 Å². The predicted molar refractivity (Wildman–Crippen MR) is 113 cm³/mol. The molecule has 30 heavy (non-hydrogen) atoms. The van der Waals surface area contributed by atoms with Crippen LogP contribution in [-0.4, -0.2) is 39.6 Å². The molecule has 1 fully saturated rings. The molecule has 0 bridgehead atoms. The van der Waals surface area contributed by atoms with E-state index in [1.165, 1.54) is 23.3 Å². The highest BCUT2D eigenvalue weighted by Crippen LogP contribution is 2.38. The van der Waals surface area contributed by atoms with Gasteiger partial charge in [0.15, 0.2) is 5.58 Å². The minimum Gasteiger partial charge on any atom is -0.356 e. The number of benzene rings is 2. The largest absolute Gasteiger partial charge is 0.356 e. The summed E-state index contributed by atoms with van der Waals surface area (Å²) in [6.07, 6.45) is 4.71. The normalized spacial score (nSPS) is 23.7. The summed E-state index contributed by atoms with van der Waals surface area (Å²) in [5.74, 6) is -0.00955. The Morgan fingerprint density at radius 2 is 1.97 bits per heavy atom. The number of fused-ring (bicyclic) bond motifs is 2. The highest BCUT2D eigenvalue weighted by Gasteiger charge is 2.38. The van der Waals surface area contributed by atoms with Gasteiger partial charge in [-0.15, -0.1) is 0 Å². The van der Waals surface area contributed by atoms with E-state index in [4.69, 9.17) is 4.52 Å². The third-order valence-electron chi connectivity index (χ3n) is 6.80. The van der Waals surface area contributed by atoms with E-state index in [-0.39, 0.29) is 18.0 Å². The van der Waals surface area contributed by atoms with Crippen molar-refractivity contribution < 1.29 is 14.1 Å². The van der Waals surface area contributed by atoms with E-state index in [0.717, 1.165) is 56.3 Å². The number of hydrogen-bond donors (Lipinski definition) is 1. The van der Waals surface area contributed by atoms with Gasteiger partial charge in [-0.3, -0.25) is 4.90 Å². The van der Waals surface area contributed by atoms with Gasteiger partial charge in [-0.25, -0.2) is 4.39 Å². The maximum atomic E-state index is 13.5. The van der Waals surface area contributed by atoms with Crippen molar-refractivity contribution in [1.82, 2.24) is 15.1 Å². The Morgan fingerprint density at radius 1 is 1.17 bits per heavy atom. The van der Waals surface area contributed by atoms with Gasteiger partial charge in [0.05, 0.1) is 17.9 Å². The molecule has 2 aliphatic heterocycles. The zero-order chi connectivity index (χ0) is 20.7. The third-order valence-corrected chi connectivity index (χ3v) is 6.80. The van der Waals surface area contributed by atoms with E-state index in [1.54, 1.807) is 11.1 Å². The summed E-state index contributed by atoms with van der Waals surface area (Å²) < 4.78 is 18.8. The molecule has 0 spiro atoms. The second-order valence-corrected chi connectivity index (χ2v) is 8.59. The number of likely N-dealkylation sites (tertiary alicyclic amines) is 1. The van der Waals surface area contributed by atoms with Gasteiger partial charge in [0.25, 0.3) is 0 Å². The Labute approximate surface area is 176 Å². The number of piperidine rings is 1. The fraction of sp³-hybridized carbons (Fsp3) is 0.458. The van der Waals surface area contributed by atoms with Gasteiger partial charge in [-0.2, -0.15) is 5.06 Å². The minimum absolute atomic E-state index is 0.000508. The predicted octanol–water partition coefficient (Wildman–Crippen LogP) is 5.26. The zero-order valence-corrected chi connectivity index (χ0v) is 17.3. The lowest BCUT2D eigenvalue weighted by atomic mass is 9.87. The Balaban J connectivity index is 1.32. The second kappa shape index (κ2) is 8.10. The number of halogens is 1. The third kappa shape index (κ3) is 3.43. The van der Waals surface area contributed by atoms with Crippen LogP contribution in [0, 0.1) is 5.82 Å². The molecule has 5 nitrogen and oxygen atoms in total. The Kier molecular flexibility index (Phi) is 5.31. The summed E-state index contributed by atoms with van der Waals surface area (Å²) >= 11 is 0. The first-order chi connectivity index (χ1) is 14.7. The molecule has 3 aromatic rings. The number of rotatable bonds is 4. The smallest absolute Gasteiger partial charge is 0.170 e. The standard InChI is InChI=1S/C24H28FN3O2/c1-2-5-21-19-7-4-3-6-17(19)14-23(28(21)29)27-12-10-16(11-13-27)24-20-9-8-18(25)15-22(20)30-26-24/h3-4,6-9,15-16,21,23,29H,2,5,10-14H2,1H3. The molecule has 0 saturated carbocycles. The number of hydrogen-bond acceptors (Lipinski definition) is 5. The molecule has 2 aromatic carbocycles. The van der Waals surface area contributed by atoms with Gasteiger partial charge in [-0.05, 0) is 42.5 Å². The summed E-state index contributed by atoms with van der Waals surface area (Å²) in [5.41, 5.74) is 4.05. The van der Waals surface area contributed by atoms with Crippen molar-refractivity contribution in [3.63, 3.8) is 0 Å². The van der Waals surface area contributed by atoms with Crippen LogP contribution >= 0.6 is 0 Å². The summed E-state index contributed by atoms with van der Waals surface area (Å²) in [7, 11) is 0. The minimum atomic E-state index is -0.303. The van der Waals surface area contributed by atoms with Crippen molar-refractivity contribution in [2.75, 3.05) is 13.1 Å². The number of nitrogens with zero attached hydrogens (tertiary/aromatic N) is 3. The monoisotopic (exact) mass is 409 g/mol. The number of aromatic nitrogens is 1. The number of hydroxylamine groups is 2. The molecule has 1 saturated heterocycles. The Hall–Kier alpha value is -2.28. The summed E-state index contributed by atoms with van der Waals surface area (Å²) in [6.45, 7) is 3.95. The van der Waals surface area contributed by atoms with Crippen molar-refractivity contribution in [2.45, 2.75) is 57.2 Å². The molecule has 2 atom stereocenters. The molecular formula is C24H28FN3O2. The first kappa shape index (κ1) is 19.7. The van der Waals surface area contributed by atoms with Crippen molar-refractivity contribution in [3.8, 4) is 0 Å². The van der Waals surface area contributed by atoms with Crippen molar-refractivity contribution >= 4 is 11.0 Å². The summed E-state index contributed by atoms with van der Waals surface area (Å²) in [6, 6.07) is 13.2. The summed E-state index contributed by atoms with van der Waals surface area (Å²) in [5, 5.41) is 17.9. The van der Waals surface area contributed by atoms with Crippen molar-refractivity contribution in [3.05, 3.63) is 65.1 Å². The van der Waals surface area contributed by atoms with E-state index in [1.807, 2.05) is 0 Å². The van der Waals surface area contributed by atoms with Crippen LogP contribution < -0.4 is 0 Å². The van der Waals surface area contributed by atoms with E-state index in [9.17, 15) is 9.60 Å². The van der Waals surface area contributed by atoms with Gasteiger partial charge in [0, 0.05) is 36.9 Å². The molecule has 0 amide bonds. The van der Waals surface area contributed by atoms with Crippen LogP contribution in [0.4, 0.5) is 4.39 Å².